The molecule has 15 heavy (non-hydrogen) atoms. The minimum atomic E-state index is 0.691. The molecule has 4 nitrogen and oxygen atoms in total. The number of aromatic nitrogens is 2. The standard InChI is InChI=1S/C11H20N4/c1-14(2)6-7-15-9-11(8-12-15)13-10-4-3-5-10/h8-10,13H,3-7H2,1-2H3. The van der Waals surface area contributed by atoms with E-state index in [9.17, 15) is 0 Å². The molecule has 0 saturated heterocycles. The van der Waals surface area contributed by atoms with Gasteiger partial charge >= 0.3 is 0 Å². The van der Waals surface area contributed by atoms with Crippen LogP contribution >= 0.6 is 0 Å². The molecule has 0 amide bonds. The van der Waals surface area contributed by atoms with E-state index in [4.69, 9.17) is 0 Å². The Labute approximate surface area is 91.3 Å². The average molecular weight is 208 g/mol. The monoisotopic (exact) mass is 208 g/mol. The maximum atomic E-state index is 4.33. The van der Waals surface area contributed by atoms with Crippen LogP contribution in [0.15, 0.2) is 12.4 Å². The SMILES string of the molecule is CN(C)CCn1cc(NC2CCC2)cn1. The maximum absolute atomic E-state index is 4.33. The number of hydrogen-bond donors (Lipinski definition) is 1. The van der Waals surface area contributed by atoms with E-state index in [0.717, 1.165) is 13.1 Å². The predicted molar refractivity (Wildman–Crippen MR) is 62.0 cm³/mol. The Bertz CT molecular complexity index is 301. The van der Waals surface area contributed by atoms with Crippen LogP contribution in [0.25, 0.3) is 0 Å². The molecule has 1 aliphatic rings. The molecule has 1 fully saturated rings. The molecule has 0 aliphatic heterocycles. The van der Waals surface area contributed by atoms with Gasteiger partial charge in [0.25, 0.3) is 0 Å². The van der Waals surface area contributed by atoms with Crippen LogP contribution in [-0.2, 0) is 6.54 Å². The highest BCUT2D eigenvalue weighted by atomic mass is 15.3. The Hall–Kier alpha value is -1.03. The van der Waals surface area contributed by atoms with Crippen LogP contribution in [0.3, 0.4) is 0 Å². The van der Waals surface area contributed by atoms with Gasteiger partial charge in [-0.2, -0.15) is 5.10 Å². The minimum absolute atomic E-state index is 0.691. The molecule has 1 aromatic heterocycles. The van der Waals surface area contributed by atoms with Crippen molar-refractivity contribution in [1.82, 2.24) is 14.7 Å². The van der Waals surface area contributed by atoms with Crippen LogP contribution in [-0.4, -0.2) is 41.4 Å². The van der Waals surface area contributed by atoms with Crippen molar-refractivity contribution in [3.05, 3.63) is 12.4 Å². The van der Waals surface area contributed by atoms with Crippen molar-refractivity contribution in [3.63, 3.8) is 0 Å². The van der Waals surface area contributed by atoms with E-state index in [1.165, 1.54) is 24.9 Å². The number of rotatable bonds is 5. The Balaban J connectivity index is 1.80. The van der Waals surface area contributed by atoms with Gasteiger partial charge in [-0.05, 0) is 33.4 Å². The third-order valence-corrected chi connectivity index (χ3v) is 2.89. The van der Waals surface area contributed by atoms with Crippen molar-refractivity contribution in [2.24, 2.45) is 0 Å². The summed E-state index contributed by atoms with van der Waals surface area (Å²) in [6.07, 6.45) is 8.01. The second kappa shape index (κ2) is 4.66. The summed E-state index contributed by atoms with van der Waals surface area (Å²) in [6, 6.07) is 0.691. The first-order valence-corrected chi connectivity index (χ1v) is 5.68. The first kappa shape index (κ1) is 10.5. The van der Waals surface area contributed by atoms with Crippen LogP contribution in [0.2, 0.25) is 0 Å². The van der Waals surface area contributed by atoms with E-state index < -0.39 is 0 Å². The second-order valence-electron chi connectivity index (χ2n) is 4.57. The third kappa shape index (κ3) is 2.96. The van der Waals surface area contributed by atoms with Gasteiger partial charge in [0.05, 0.1) is 18.4 Å². The largest absolute Gasteiger partial charge is 0.380 e. The molecule has 1 heterocycles. The molecule has 0 bridgehead atoms. The van der Waals surface area contributed by atoms with E-state index in [2.05, 4.69) is 35.6 Å². The van der Waals surface area contributed by atoms with Crippen LogP contribution in [0.1, 0.15) is 19.3 Å². The molecule has 2 rings (SSSR count). The van der Waals surface area contributed by atoms with Gasteiger partial charge in [-0.3, -0.25) is 4.68 Å². The van der Waals surface area contributed by atoms with Gasteiger partial charge in [0.1, 0.15) is 0 Å². The van der Waals surface area contributed by atoms with E-state index in [1.54, 1.807) is 0 Å². The zero-order chi connectivity index (χ0) is 10.7. The van der Waals surface area contributed by atoms with Crippen molar-refractivity contribution in [3.8, 4) is 0 Å². The topological polar surface area (TPSA) is 33.1 Å². The summed E-state index contributed by atoms with van der Waals surface area (Å²) in [5.41, 5.74) is 1.17. The number of likely N-dealkylation sites (N-methyl/N-ethyl adjacent to an activating group) is 1. The number of nitrogens with one attached hydrogen (secondary N) is 1. The van der Waals surface area contributed by atoms with E-state index in [1.807, 2.05) is 10.9 Å². The lowest BCUT2D eigenvalue weighted by atomic mass is 9.93. The summed E-state index contributed by atoms with van der Waals surface area (Å²) >= 11 is 0. The fourth-order valence-electron chi connectivity index (χ4n) is 1.65. The third-order valence-electron chi connectivity index (χ3n) is 2.89. The van der Waals surface area contributed by atoms with Crippen molar-refractivity contribution in [1.29, 1.82) is 0 Å². The number of hydrogen-bond acceptors (Lipinski definition) is 3. The predicted octanol–water partition coefficient (Wildman–Crippen LogP) is 1.41. The Morgan fingerprint density at radius 3 is 2.93 bits per heavy atom. The molecule has 0 atom stereocenters. The zero-order valence-corrected chi connectivity index (χ0v) is 9.61. The van der Waals surface area contributed by atoms with E-state index in [0.29, 0.717) is 6.04 Å². The van der Waals surface area contributed by atoms with Gasteiger partial charge in [0, 0.05) is 18.8 Å². The summed E-state index contributed by atoms with van der Waals surface area (Å²) in [4.78, 5) is 2.17. The van der Waals surface area contributed by atoms with Crippen LogP contribution in [0, 0.1) is 0 Å². The molecule has 0 unspecified atom stereocenters. The lowest BCUT2D eigenvalue weighted by Crippen LogP contribution is -2.26. The smallest absolute Gasteiger partial charge is 0.0728 e. The van der Waals surface area contributed by atoms with Crippen molar-refractivity contribution in [2.45, 2.75) is 31.8 Å². The highest BCUT2D eigenvalue weighted by Gasteiger charge is 2.17. The molecule has 4 heteroatoms. The molecule has 1 saturated carbocycles. The van der Waals surface area contributed by atoms with Crippen molar-refractivity contribution < 1.29 is 0 Å². The molecular weight excluding hydrogens is 188 g/mol. The number of anilines is 1. The first-order chi connectivity index (χ1) is 7.24. The molecule has 1 aromatic rings. The molecule has 0 spiro atoms. The maximum Gasteiger partial charge on any atom is 0.0728 e. The molecule has 1 N–H and O–H groups in total. The van der Waals surface area contributed by atoms with Gasteiger partial charge in [-0.15, -0.1) is 0 Å². The average Bonchev–Trinajstić information content (AvgIpc) is 2.56. The summed E-state index contributed by atoms with van der Waals surface area (Å²) in [5.74, 6) is 0. The van der Waals surface area contributed by atoms with Crippen LogP contribution in [0.4, 0.5) is 5.69 Å². The first-order valence-electron chi connectivity index (χ1n) is 5.68. The Morgan fingerprint density at radius 1 is 1.53 bits per heavy atom. The van der Waals surface area contributed by atoms with Crippen molar-refractivity contribution in [2.75, 3.05) is 26.0 Å². The quantitative estimate of drug-likeness (QED) is 0.794. The van der Waals surface area contributed by atoms with Crippen molar-refractivity contribution >= 4 is 5.69 Å². The lowest BCUT2D eigenvalue weighted by Gasteiger charge is -2.26. The summed E-state index contributed by atoms with van der Waals surface area (Å²) in [7, 11) is 4.16. The highest BCUT2D eigenvalue weighted by Crippen LogP contribution is 2.22. The normalized spacial score (nSPS) is 16.7. The van der Waals surface area contributed by atoms with Crippen LogP contribution < -0.4 is 5.32 Å². The minimum Gasteiger partial charge on any atom is -0.380 e. The fourth-order valence-corrected chi connectivity index (χ4v) is 1.65. The molecular formula is C11H20N4. The molecule has 0 radical (unpaired) electrons. The molecule has 1 aliphatic carbocycles. The lowest BCUT2D eigenvalue weighted by molar-refractivity contribution is 0.373. The van der Waals surface area contributed by atoms with Gasteiger partial charge in [-0.1, -0.05) is 0 Å². The molecule has 84 valence electrons. The molecule has 0 aromatic carbocycles. The fraction of sp³-hybridized carbons (Fsp3) is 0.727. The van der Waals surface area contributed by atoms with Crippen LogP contribution in [0.5, 0.6) is 0 Å². The summed E-state index contributed by atoms with van der Waals surface area (Å²) < 4.78 is 2.00. The highest BCUT2D eigenvalue weighted by molar-refractivity contribution is 5.39. The van der Waals surface area contributed by atoms with Gasteiger partial charge < -0.3 is 10.2 Å². The van der Waals surface area contributed by atoms with Gasteiger partial charge in [-0.25, -0.2) is 0 Å². The Kier molecular flexibility index (Phi) is 3.26. The summed E-state index contributed by atoms with van der Waals surface area (Å²) in [6.45, 7) is 1.99. The summed E-state index contributed by atoms with van der Waals surface area (Å²) in [5, 5.41) is 7.82. The Morgan fingerprint density at radius 2 is 2.33 bits per heavy atom. The second-order valence-corrected chi connectivity index (χ2v) is 4.57. The van der Waals surface area contributed by atoms with Gasteiger partial charge in [0.2, 0.25) is 0 Å². The van der Waals surface area contributed by atoms with Gasteiger partial charge in [0.15, 0.2) is 0 Å². The van der Waals surface area contributed by atoms with E-state index >= 15 is 0 Å². The van der Waals surface area contributed by atoms with E-state index in [-0.39, 0.29) is 0 Å². The zero-order valence-electron chi connectivity index (χ0n) is 9.61. The number of nitrogens with zero attached hydrogens (tertiary/aromatic N) is 3.